The summed E-state index contributed by atoms with van der Waals surface area (Å²) >= 11 is 0. The first-order valence-corrected chi connectivity index (χ1v) is 13.9. The molecule has 0 fully saturated rings. The molecule has 0 amide bonds. The smallest absolute Gasteiger partial charge is 0.178 e. The molecular weight excluding hydrogens is 504 g/mol. The fourth-order valence-electron chi connectivity index (χ4n) is 6.18. The average Bonchev–Trinajstić information content (AvgIpc) is 3.74. The van der Waals surface area contributed by atoms with Crippen molar-refractivity contribution in [2.45, 2.75) is 6.17 Å². The molecule has 1 aliphatic rings. The van der Waals surface area contributed by atoms with Crippen LogP contribution in [0, 0.1) is 0 Å². The minimum atomic E-state index is 0.0840. The quantitative estimate of drug-likeness (QED) is 0.239. The van der Waals surface area contributed by atoms with Crippen LogP contribution < -0.4 is 10.6 Å². The molecule has 6 aromatic carbocycles. The second kappa shape index (κ2) is 8.51. The number of furan rings is 2. The third kappa shape index (κ3) is 3.47. The summed E-state index contributed by atoms with van der Waals surface area (Å²) in [6.45, 7) is 0. The van der Waals surface area contributed by atoms with Crippen molar-refractivity contribution in [2.24, 2.45) is 0 Å². The van der Waals surface area contributed by atoms with Gasteiger partial charge in [0.1, 0.15) is 17.3 Å². The van der Waals surface area contributed by atoms with Crippen molar-refractivity contribution in [1.29, 1.82) is 0 Å². The molecule has 0 spiro atoms. The van der Waals surface area contributed by atoms with Crippen molar-refractivity contribution in [3.8, 4) is 22.3 Å². The molecule has 41 heavy (non-hydrogen) atoms. The lowest BCUT2D eigenvalue weighted by atomic mass is 9.98. The van der Waals surface area contributed by atoms with Crippen LogP contribution in [0.25, 0.3) is 66.1 Å². The summed E-state index contributed by atoms with van der Waals surface area (Å²) in [7, 11) is 0. The summed E-state index contributed by atoms with van der Waals surface area (Å²) in [5.74, 6) is 0. The van der Waals surface area contributed by atoms with E-state index in [2.05, 4.69) is 114 Å². The lowest BCUT2D eigenvalue weighted by Crippen LogP contribution is -2.11. The molecule has 1 aliphatic heterocycles. The Kier molecular flexibility index (Phi) is 4.64. The highest BCUT2D eigenvalue weighted by molar-refractivity contribution is 6.19. The van der Waals surface area contributed by atoms with E-state index in [9.17, 15) is 0 Å². The average molecular weight is 529 g/mol. The Balaban J connectivity index is 1.05. The molecule has 2 aromatic heterocycles. The molecule has 0 radical (unpaired) electrons. The topological polar surface area (TPSA) is 50.3 Å². The number of benzene rings is 6. The van der Waals surface area contributed by atoms with E-state index < -0.39 is 0 Å². The summed E-state index contributed by atoms with van der Waals surface area (Å²) < 4.78 is 12.5. The predicted molar refractivity (Wildman–Crippen MR) is 168 cm³/mol. The van der Waals surface area contributed by atoms with E-state index in [1.54, 1.807) is 0 Å². The number of fused-ring (bicyclic) bond motifs is 8. The Hall–Kier alpha value is -5.48. The Bertz CT molecular complexity index is 2260. The third-order valence-corrected chi connectivity index (χ3v) is 8.29. The first-order chi connectivity index (χ1) is 20.3. The van der Waals surface area contributed by atoms with E-state index in [0.717, 1.165) is 60.8 Å². The monoisotopic (exact) mass is 528 g/mol. The zero-order valence-corrected chi connectivity index (χ0v) is 22.0. The van der Waals surface area contributed by atoms with Crippen LogP contribution in [0.1, 0.15) is 11.7 Å². The molecule has 0 bridgehead atoms. The highest BCUT2D eigenvalue weighted by Crippen LogP contribution is 2.41. The van der Waals surface area contributed by atoms with E-state index in [4.69, 9.17) is 8.83 Å². The lowest BCUT2D eigenvalue weighted by Gasteiger charge is -2.12. The van der Waals surface area contributed by atoms with Crippen LogP contribution in [-0.4, -0.2) is 0 Å². The van der Waals surface area contributed by atoms with Gasteiger partial charge in [-0.05, 0) is 70.3 Å². The third-order valence-electron chi connectivity index (χ3n) is 8.29. The molecule has 1 unspecified atom stereocenters. The normalized spacial score (nSPS) is 14.5. The molecule has 3 heterocycles. The van der Waals surface area contributed by atoms with Crippen LogP contribution >= 0.6 is 0 Å². The van der Waals surface area contributed by atoms with Crippen molar-refractivity contribution < 1.29 is 8.83 Å². The maximum atomic E-state index is 6.33. The Labute approximate surface area is 235 Å². The fourth-order valence-corrected chi connectivity index (χ4v) is 6.18. The van der Waals surface area contributed by atoms with Crippen LogP contribution in [0.2, 0.25) is 0 Å². The maximum Gasteiger partial charge on any atom is 0.178 e. The SMILES string of the molecule is c1ccc(C2Nc3ccc(-c4ccc(-c5ccc6oc7c(ccc8c9ccccc9oc87)c6c5)cc4)cc3N2)cc1. The van der Waals surface area contributed by atoms with Gasteiger partial charge in [0.2, 0.25) is 0 Å². The summed E-state index contributed by atoms with van der Waals surface area (Å²) in [5.41, 5.74) is 11.5. The number of anilines is 2. The van der Waals surface area contributed by atoms with Gasteiger partial charge in [-0.15, -0.1) is 0 Å². The van der Waals surface area contributed by atoms with Gasteiger partial charge < -0.3 is 19.5 Å². The standard InChI is InChI=1S/C37H24N2O2/c1-2-6-24(7-3-1)37-38-31-18-14-26(21-32(31)39-37)23-12-10-22(11-13-23)25-15-19-34-30(20-25)29-17-16-28-27-8-4-5-9-33(27)40-35(28)36(29)41-34/h1-21,37-39H. The molecule has 9 rings (SSSR count). The summed E-state index contributed by atoms with van der Waals surface area (Å²) in [5, 5.41) is 11.5. The first-order valence-electron chi connectivity index (χ1n) is 13.9. The molecule has 2 N–H and O–H groups in total. The molecule has 1 atom stereocenters. The lowest BCUT2D eigenvalue weighted by molar-refractivity contribution is 0.633. The van der Waals surface area contributed by atoms with Gasteiger partial charge in [-0.25, -0.2) is 0 Å². The van der Waals surface area contributed by atoms with Crippen LogP contribution in [0.15, 0.2) is 136 Å². The van der Waals surface area contributed by atoms with Crippen molar-refractivity contribution in [2.75, 3.05) is 10.6 Å². The van der Waals surface area contributed by atoms with Crippen molar-refractivity contribution in [1.82, 2.24) is 0 Å². The molecule has 194 valence electrons. The van der Waals surface area contributed by atoms with Crippen LogP contribution in [0.3, 0.4) is 0 Å². The predicted octanol–water partition coefficient (Wildman–Crippen LogP) is 10.4. The fraction of sp³-hybridized carbons (Fsp3) is 0.0270. The summed E-state index contributed by atoms with van der Waals surface area (Å²) in [4.78, 5) is 0. The molecule has 8 aromatic rings. The molecular formula is C37H24N2O2. The van der Waals surface area contributed by atoms with Gasteiger partial charge in [0, 0.05) is 21.5 Å². The van der Waals surface area contributed by atoms with Gasteiger partial charge in [0.15, 0.2) is 11.2 Å². The minimum absolute atomic E-state index is 0.0840. The zero-order chi connectivity index (χ0) is 26.9. The Morgan fingerprint density at radius 1 is 0.415 bits per heavy atom. The molecule has 4 heteroatoms. The van der Waals surface area contributed by atoms with Gasteiger partial charge >= 0.3 is 0 Å². The van der Waals surface area contributed by atoms with Crippen LogP contribution in [-0.2, 0) is 0 Å². The van der Waals surface area contributed by atoms with E-state index in [1.807, 2.05) is 24.3 Å². The largest absolute Gasteiger partial charge is 0.452 e. The second-order valence-corrected chi connectivity index (χ2v) is 10.7. The van der Waals surface area contributed by atoms with Gasteiger partial charge in [-0.1, -0.05) is 84.9 Å². The van der Waals surface area contributed by atoms with Gasteiger partial charge in [0.25, 0.3) is 0 Å². The summed E-state index contributed by atoms with van der Waals surface area (Å²) in [6, 6.07) is 44.7. The van der Waals surface area contributed by atoms with Crippen LogP contribution in [0.5, 0.6) is 0 Å². The Morgan fingerprint density at radius 3 is 1.78 bits per heavy atom. The van der Waals surface area contributed by atoms with Crippen molar-refractivity contribution in [3.63, 3.8) is 0 Å². The number of rotatable bonds is 3. The molecule has 4 nitrogen and oxygen atoms in total. The number of para-hydroxylation sites is 1. The number of hydrogen-bond donors (Lipinski definition) is 2. The molecule has 0 saturated heterocycles. The molecule has 0 aliphatic carbocycles. The van der Waals surface area contributed by atoms with Crippen LogP contribution in [0.4, 0.5) is 11.4 Å². The van der Waals surface area contributed by atoms with Crippen molar-refractivity contribution in [3.05, 3.63) is 133 Å². The van der Waals surface area contributed by atoms with Crippen molar-refractivity contribution >= 4 is 55.3 Å². The van der Waals surface area contributed by atoms with Gasteiger partial charge in [-0.2, -0.15) is 0 Å². The highest BCUT2D eigenvalue weighted by Gasteiger charge is 2.21. The second-order valence-electron chi connectivity index (χ2n) is 10.7. The highest BCUT2D eigenvalue weighted by atomic mass is 16.4. The van der Waals surface area contributed by atoms with Gasteiger partial charge in [-0.3, -0.25) is 0 Å². The van der Waals surface area contributed by atoms with E-state index in [-0.39, 0.29) is 6.17 Å². The van der Waals surface area contributed by atoms with E-state index in [0.29, 0.717) is 0 Å². The Morgan fingerprint density at radius 2 is 1.00 bits per heavy atom. The number of nitrogens with one attached hydrogen (secondary N) is 2. The summed E-state index contributed by atoms with van der Waals surface area (Å²) in [6.07, 6.45) is 0.0840. The minimum Gasteiger partial charge on any atom is -0.452 e. The number of hydrogen-bond acceptors (Lipinski definition) is 4. The van der Waals surface area contributed by atoms with E-state index >= 15 is 0 Å². The maximum absolute atomic E-state index is 6.33. The zero-order valence-electron chi connectivity index (χ0n) is 22.0. The molecule has 0 saturated carbocycles. The first kappa shape index (κ1) is 22.3. The van der Waals surface area contributed by atoms with E-state index in [1.165, 1.54) is 22.3 Å². The van der Waals surface area contributed by atoms with Gasteiger partial charge in [0.05, 0.1) is 11.4 Å².